The summed E-state index contributed by atoms with van der Waals surface area (Å²) >= 11 is 3.66. The first-order chi connectivity index (χ1) is 9.68. The molecule has 1 aromatic heterocycles. The number of pyridine rings is 1. The molecule has 2 aromatic rings. The van der Waals surface area contributed by atoms with Crippen LogP contribution in [0.15, 0.2) is 41.0 Å². The molecule has 1 aliphatic heterocycles. The maximum Gasteiger partial charge on any atom is 0.143 e. The third-order valence-corrected chi connectivity index (χ3v) is 4.94. The third kappa shape index (κ3) is 2.29. The summed E-state index contributed by atoms with van der Waals surface area (Å²) in [5.41, 5.74) is 9.07. The number of nitrogen functional groups attached to an aromatic ring is 1. The lowest BCUT2D eigenvalue weighted by molar-refractivity contribution is 0.710. The number of halogens is 1. The predicted octanol–water partition coefficient (Wildman–Crippen LogP) is 4.08. The van der Waals surface area contributed by atoms with E-state index in [-0.39, 0.29) is 0 Å². The average molecular weight is 332 g/mol. The van der Waals surface area contributed by atoms with E-state index < -0.39 is 0 Å². The molecule has 1 saturated heterocycles. The molecule has 0 spiro atoms. The van der Waals surface area contributed by atoms with E-state index in [2.05, 4.69) is 56.1 Å². The van der Waals surface area contributed by atoms with Crippen molar-refractivity contribution < 1.29 is 0 Å². The van der Waals surface area contributed by atoms with E-state index in [1.54, 1.807) is 6.20 Å². The highest BCUT2D eigenvalue weighted by molar-refractivity contribution is 9.10. The third-order valence-electron chi connectivity index (χ3n) is 3.99. The van der Waals surface area contributed by atoms with Crippen LogP contribution in [-0.4, -0.2) is 11.5 Å². The van der Waals surface area contributed by atoms with E-state index in [9.17, 15) is 0 Å². The van der Waals surface area contributed by atoms with Crippen LogP contribution in [-0.2, 0) is 0 Å². The van der Waals surface area contributed by atoms with Crippen molar-refractivity contribution in [2.75, 3.05) is 17.2 Å². The van der Waals surface area contributed by atoms with Crippen molar-refractivity contribution in [3.63, 3.8) is 0 Å². The van der Waals surface area contributed by atoms with Crippen LogP contribution in [0.1, 0.15) is 30.0 Å². The zero-order valence-corrected chi connectivity index (χ0v) is 13.1. The van der Waals surface area contributed by atoms with Crippen LogP contribution in [0.2, 0.25) is 0 Å². The number of aromatic nitrogens is 1. The lowest BCUT2D eigenvalue weighted by atomic mass is 10.0. The minimum atomic E-state index is 0.406. The van der Waals surface area contributed by atoms with E-state index >= 15 is 0 Å². The number of anilines is 2. The molecule has 2 N–H and O–H groups in total. The van der Waals surface area contributed by atoms with Crippen molar-refractivity contribution >= 4 is 27.4 Å². The molecule has 3 rings (SSSR count). The molecule has 1 atom stereocenters. The highest BCUT2D eigenvalue weighted by Gasteiger charge is 2.28. The fraction of sp³-hybridized carbons (Fsp3) is 0.312. The molecule has 0 aliphatic carbocycles. The Kier molecular flexibility index (Phi) is 3.66. The van der Waals surface area contributed by atoms with Crippen LogP contribution in [0.25, 0.3) is 0 Å². The van der Waals surface area contributed by atoms with Gasteiger partial charge in [-0.05, 0) is 46.8 Å². The van der Waals surface area contributed by atoms with Crippen molar-refractivity contribution in [3.8, 4) is 0 Å². The summed E-state index contributed by atoms with van der Waals surface area (Å²) in [6, 6.07) is 11.1. The first-order valence-corrected chi connectivity index (χ1v) is 7.70. The lowest BCUT2D eigenvalue weighted by Crippen LogP contribution is -2.24. The van der Waals surface area contributed by atoms with Gasteiger partial charge < -0.3 is 10.6 Å². The van der Waals surface area contributed by atoms with Gasteiger partial charge in [0.25, 0.3) is 0 Å². The molecule has 0 saturated carbocycles. The first-order valence-electron chi connectivity index (χ1n) is 6.90. The number of nitrogens with two attached hydrogens (primary N) is 1. The molecule has 2 heterocycles. The second-order valence-electron chi connectivity index (χ2n) is 5.24. The van der Waals surface area contributed by atoms with Crippen LogP contribution >= 0.6 is 15.9 Å². The van der Waals surface area contributed by atoms with Gasteiger partial charge in [-0.3, -0.25) is 0 Å². The molecular weight excluding hydrogens is 314 g/mol. The quantitative estimate of drug-likeness (QED) is 0.901. The number of hydrogen-bond donors (Lipinski definition) is 1. The van der Waals surface area contributed by atoms with Gasteiger partial charge in [-0.2, -0.15) is 0 Å². The monoisotopic (exact) mass is 331 g/mol. The van der Waals surface area contributed by atoms with Gasteiger partial charge in [0.15, 0.2) is 0 Å². The number of rotatable bonds is 2. The minimum absolute atomic E-state index is 0.406. The fourth-order valence-electron chi connectivity index (χ4n) is 2.82. The molecule has 1 unspecified atom stereocenters. The van der Waals surface area contributed by atoms with Crippen molar-refractivity contribution in [2.45, 2.75) is 25.8 Å². The smallest absolute Gasteiger partial charge is 0.143 e. The Morgan fingerprint density at radius 1 is 1.30 bits per heavy atom. The van der Waals surface area contributed by atoms with Gasteiger partial charge in [0, 0.05) is 6.54 Å². The molecule has 0 amide bonds. The highest BCUT2D eigenvalue weighted by Crippen LogP contribution is 2.40. The Morgan fingerprint density at radius 2 is 2.05 bits per heavy atom. The van der Waals surface area contributed by atoms with Crippen LogP contribution in [0.5, 0.6) is 0 Å². The van der Waals surface area contributed by atoms with Crippen LogP contribution in [0.3, 0.4) is 0 Å². The molecule has 1 aromatic carbocycles. The van der Waals surface area contributed by atoms with Crippen molar-refractivity contribution in [1.82, 2.24) is 4.98 Å². The van der Waals surface area contributed by atoms with E-state index in [1.807, 2.05) is 6.92 Å². The largest absolute Gasteiger partial charge is 0.397 e. The predicted molar refractivity (Wildman–Crippen MR) is 86.8 cm³/mol. The lowest BCUT2D eigenvalue weighted by Gasteiger charge is -2.27. The Bertz CT molecular complexity index is 613. The zero-order valence-electron chi connectivity index (χ0n) is 11.5. The van der Waals surface area contributed by atoms with Gasteiger partial charge in [0.1, 0.15) is 5.82 Å². The van der Waals surface area contributed by atoms with Gasteiger partial charge in [0.05, 0.1) is 22.4 Å². The summed E-state index contributed by atoms with van der Waals surface area (Å²) in [4.78, 5) is 6.93. The molecule has 1 fully saturated rings. The van der Waals surface area contributed by atoms with E-state index in [1.165, 1.54) is 18.4 Å². The standard InChI is InChI=1S/C16H18BrN3/c1-11-13(18)10-19-16(15(11)17)20-9-5-8-14(20)12-6-3-2-4-7-12/h2-4,6-7,10,14H,5,8-9,18H2,1H3. The molecule has 0 bridgehead atoms. The number of nitrogens with zero attached hydrogens (tertiary/aromatic N) is 2. The SMILES string of the molecule is Cc1c(N)cnc(N2CCCC2c2ccccc2)c1Br. The van der Waals surface area contributed by atoms with Crippen LogP contribution in [0.4, 0.5) is 11.5 Å². The molecule has 4 heteroatoms. The topological polar surface area (TPSA) is 42.1 Å². The fourth-order valence-corrected chi connectivity index (χ4v) is 3.38. The molecule has 3 nitrogen and oxygen atoms in total. The minimum Gasteiger partial charge on any atom is -0.397 e. The first kappa shape index (κ1) is 13.4. The number of hydrogen-bond acceptors (Lipinski definition) is 3. The molecular formula is C16H18BrN3. The Morgan fingerprint density at radius 3 is 2.80 bits per heavy atom. The van der Waals surface area contributed by atoms with E-state index in [4.69, 9.17) is 5.73 Å². The maximum absolute atomic E-state index is 5.92. The van der Waals surface area contributed by atoms with Gasteiger partial charge in [-0.15, -0.1) is 0 Å². The zero-order chi connectivity index (χ0) is 14.1. The van der Waals surface area contributed by atoms with Gasteiger partial charge in [-0.1, -0.05) is 30.3 Å². The Labute approximate surface area is 127 Å². The maximum atomic E-state index is 5.92. The summed E-state index contributed by atoms with van der Waals surface area (Å²) in [6.45, 7) is 3.06. The molecule has 0 radical (unpaired) electrons. The summed E-state index contributed by atoms with van der Waals surface area (Å²) in [5, 5.41) is 0. The van der Waals surface area contributed by atoms with Gasteiger partial charge in [-0.25, -0.2) is 4.98 Å². The summed E-state index contributed by atoms with van der Waals surface area (Å²) in [7, 11) is 0. The second-order valence-corrected chi connectivity index (χ2v) is 6.03. The molecule has 20 heavy (non-hydrogen) atoms. The second kappa shape index (κ2) is 5.44. The van der Waals surface area contributed by atoms with Crippen LogP contribution in [0, 0.1) is 6.92 Å². The van der Waals surface area contributed by atoms with Gasteiger partial charge >= 0.3 is 0 Å². The Hall–Kier alpha value is -1.55. The summed E-state index contributed by atoms with van der Waals surface area (Å²) < 4.78 is 1.01. The van der Waals surface area contributed by atoms with E-state index in [0.717, 1.165) is 28.1 Å². The normalized spacial score (nSPS) is 18.5. The number of benzene rings is 1. The molecule has 104 valence electrons. The van der Waals surface area contributed by atoms with Crippen molar-refractivity contribution in [1.29, 1.82) is 0 Å². The average Bonchev–Trinajstić information content (AvgIpc) is 2.95. The highest BCUT2D eigenvalue weighted by atomic mass is 79.9. The van der Waals surface area contributed by atoms with Crippen LogP contribution < -0.4 is 10.6 Å². The van der Waals surface area contributed by atoms with E-state index in [0.29, 0.717) is 6.04 Å². The summed E-state index contributed by atoms with van der Waals surface area (Å²) in [5.74, 6) is 1.00. The van der Waals surface area contributed by atoms with Gasteiger partial charge in [0.2, 0.25) is 0 Å². The van der Waals surface area contributed by atoms with Crippen molar-refractivity contribution in [3.05, 3.63) is 52.1 Å². The Balaban J connectivity index is 1.99. The van der Waals surface area contributed by atoms with Crippen molar-refractivity contribution in [2.24, 2.45) is 0 Å². The molecule has 1 aliphatic rings. The summed E-state index contributed by atoms with van der Waals surface area (Å²) in [6.07, 6.45) is 4.12.